The van der Waals surface area contributed by atoms with Crippen LogP contribution >= 0.6 is 0 Å². The Morgan fingerprint density at radius 3 is 2.55 bits per heavy atom. The normalized spacial score (nSPS) is 13.6. The van der Waals surface area contributed by atoms with Gasteiger partial charge in [0, 0.05) is 36.2 Å². The van der Waals surface area contributed by atoms with Gasteiger partial charge < -0.3 is 14.8 Å². The van der Waals surface area contributed by atoms with E-state index in [1.807, 2.05) is 28.8 Å². The first-order chi connectivity index (χ1) is 16.0. The number of amides is 1. The van der Waals surface area contributed by atoms with Crippen LogP contribution in [0.5, 0.6) is 0 Å². The van der Waals surface area contributed by atoms with Gasteiger partial charge in [-0.25, -0.2) is 13.8 Å². The molecule has 1 aliphatic rings. The van der Waals surface area contributed by atoms with Gasteiger partial charge in [0.15, 0.2) is 0 Å². The largest absolute Gasteiger partial charge is 0.357 e. The van der Waals surface area contributed by atoms with Crippen LogP contribution < -0.4 is 10.2 Å². The van der Waals surface area contributed by atoms with Crippen LogP contribution in [0, 0.1) is 11.6 Å². The molecule has 2 aromatic carbocycles. The van der Waals surface area contributed by atoms with Crippen LogP contribution in [-0.2, 0) is 17.8 Å². The molecule has 0 saturated carbocycles. The molecule has 3 heterocycles. The lowest BCUT2D eigenvalue weighted by molar-refractivity contribution is -0.115. The molecule has 1 saturated heterocycles. The van der Waals surface area contributed by atoms with Gasteiger partial charge in [0.1, 0.15) is 17.5 Å². The number of fused-ring (bicyclic) bond motifs is 1. The number of hydrogen-bond donors (Lipinski definition) is 1. The molecule has 0 atom stereocenters. The van der Waals surface area contributed by atoms with Crippen LogP contribution in [0.3, 0.4) is 0 Å². The molecule has 0 aliphatic carbocycles. The number of rotatable bonds is 6. The van der Waals surface area contributed by atoms with Crippen LogP contribution in [0.1, 0.15) is 24.1 Å². The Balaban J connectivity index is 1.36. The van der Waals surface area contributed by atoms with Crippen LogP contribution in [0.25, 0.3) is 10.9 Å². The minimum Gasteiger partial charge on any atom is -0.357 e. The first-order valence-corrected chi connectivity index (χ1v) is 11.1. The van der Waals surface area contributed by atoms with E-state index in [9.17, 15) is 13.6 Å². The highest BCUT2D eigenvalue weighted by Gasteiger charge is 2.16. The van der Waals surface area contributed by atoms with Crippen LogP contribution in [0.4, 0.5) is 20.3 Å². The molecule has 0 radical (unpaired) electrons. The summed E-state index contributed by atoms with van der Waals surface area (Å²) in [6.07, 6.45) is 4.12. The van der Waals surface area contributed by atoms with Crippen molar-refractivity contribution < 1.29 is 13.6 Å². The monoisotopic (exact) mass is 446 g/mol. The smallest absolute Gasteiger partial charge is 0.230 e. The Hall–Kier alpha value is -3.74. The third kappa shape index (κ3) is 4.72. The Labute approximate surface area is 190 Å². The molecule has 1 N–H and O–H groups in total. The summed E-state index contributed by atoms with van der Waals surface area (Å²) in [6, 6.07) is 16.5. The Morgan fingerprint density at radius 1 is 0.970 bits per heavy atom. The zero-order valence-corrected chi connectivity index (χ0v) is 18.1. The predicted molar refractivity (Wildman–Crippen MR) is 125 cm³/mol. The average Bonchev–Trinajstić information content (AvgIpc) is 3.43. The van der Waals surface area contributed by atoms with Crippen molar-refractivity contribution in [2.24, 2.45) is 0 Å². The number of benzene rings is 2. The summed E-state index contributed by atoms with van der Waals surface area (Å²) in [5.74, 6) is 0.0574. The second-order valence-electron chi connectivity index (χ2n) is 8.38. The second kappa shape index (κ2) is 9.02. The van der Waals surface area contributed by atoms with E-state index in [1.165, 1.54) is 37.1 Å². The summed E-state index contributed by atoms with van der Waals surface area (Å²) < 4.78 is 29.4. The molecule has 5 nitrogen and oxygen atoms in total. The van der Waals surface area contributed by atoms with E-state index in [0.717, 1.165) is 35.7 Å². The van der Waals surface area contributed by atoms with Crippen molar-refractivity contribution in [3.63, 3.8) is 0 Å². The van der Waals surface area contributed by atoms with E-state index in [0.29, 0.717) is 17.6 Å². The van der Waals surface area contributed by atoms with E-state index in [2.05, 4.69) is 15.2 Å². The van der Waals surface area contributed by atoms with Gasteiger partial charge in [0.2, 0.25) is 5.91 Å². The van der Waals surface area contributed by atoms with Crippen molar-refractivity contribution >= 4 is 28.3 Å². The van der Waals surface area contributed by atoms with Gasteiger partial charge in [0.05, 0.1) is 18.3 Å². The topological polar surface area (TPSA) is 50.2 Å². The van der Waals surface area contributed by atoms with Crippen LogP contribution in [-0.4, -0.2) is 28.5 Å². The van der Waals surface area contributed by atoms with Crippen LogP contribution in [0.2, 0.25) is 0 Å². The number of aromatic nitrogens is 2. The molecule has 33 heavy (non-hydrogen) atoms. The third-order valence-electron chi connectivity index (χ3n) is 5.98. The Bertz CT molecular complexity index is 1290. The van der Waals surface area contributed by atoms with E-state index < -0.39 is 0 Å². The van der Waals surface area contributed by atoms with E-state index in [4.69, 9.17) is 0 Å². The lowest BCUT2D eigenvalue weighted by Crippen LogP contribution is -2.20. The van der Waals surface area contributed by atoms with E-state index in [-0.39, 0.29) is 24.0 Å². The number of anilines is 2. The summed E-state index contributed by atoms with van der Waals surface area (Å²) in [4.78, 5) is 19.5. The van der Waals surface area contributed by atoms with Gasteiger partial charge in [-0.1, -0.05) is 12.1 Å². The molecule has 0 bridgehead atoms. The highest BCUT2D eigenvalue weighted by molar-refractivity contribution is 5.93. The van der Waals surface area contributed by atoms with E-state index >= 15 is 0 Å². The molecule has 168 valence electrons. The molecule has 2 aromatic heterocycles. The number of nitrogens with zero attached hydrogens (tertiary/aromatic N) is 3. The minimum absolute atomic E-state index is 0.0967. The Kier molecular flexibility index (Phi) is 5.77. The van der Waals surface area contributed by atoms with Gasteiger partial charge >= 0.3 is 0 Å². The molecule has 7 heteroatoms. The summed E-state index contributed by atoms with van der Waals surface area (Å²) in [5.41, 5.74) is 2.90. The highest BCUT2D eigenvalue weighted by atomic mass is 19.1. The number of carbonyl (C=O) groups is 1. The molecular weight excluding hydrogens is 422 g/mol. The van der Waals surface area contributed by atoms with Crippen molar-refractivity contribution in [3.8, 4) is 0 Å². The quantitative estimate of drug-likeness (QED) is 0.446. The first-order valence-electron chi connectivity index (χ1n) is 11.1. The minimum atomic E-state index is -0.342. The van der Waals surface area contributed by atoms with Gasteiger partial charge in [-0.2, -0.15) is 0 Å². The third-order valence-corrected chi connectivity index (χ3v) is 5.98. The highest BCUT2D eigenvalue weighted by Crippen LogP contribution is 2.24. The van der Waals surface area contributed by atoms with Crippen molar-refractivity contribution in [1.82, 2.24) is 9.55 Å². The number of carbonyl (C=O) groups excluding carboxylic acids is 1. The lowest BCUT2D eigenvalue weighted by Gasteiger charge is -2.16. The molecule has 4 aromatic rings. The maximum absolute atomic E-state index is 13.8. The zero-order chi connectivity index (χ0) is 22.8. The zero-order valence-electron chi connectivity index (χ0n) is 18.1. The van der Waals surface area contributed by atoms with Crippen molar-refractivity contribution in [2.75, 3.05) is 23.3 Å². The van der Waals surface area contributed by atoms with Gasteiger partial charge in [-0.3, -0.25) is 4.79 Å². The molecule has 1 fully saturated rings. The summed E-state index contributed by atoms with van der Waals surface area (Å²) in [7, 11) is 0. The fraction of sp³-hybridized carbons (Fsp3) is 0.231. The standard InChI is InChI=1S/C26H24F2N4O/c27-20-5-3-4-18(12-20)17-32-23(14-19-13-21(28)6-8-24(19)32)15-26(33)30-22-7-9-25(29-16-22)31-10-1-2-11-31/h3-9,12-14,16H,1-2,10-11,15,17H2,(H,30,33). The van der Waals surface area contributed by atoms with Gasteiger partial charge in [-0.15, -0.1) is 0 Å². The van der Waals surface area contributed by atoms with Crippen molar-refractivity contribution in [3.05, 3.63) is 89.8 Å². The molecule has 0 spiro atoms. The molecule has 1 aliphatic heterocycles. The molecule has 1 amide bonds. The van der Waals surface area contributed by atoms with Gasteiger partial charge in [-0.05, 0) is 66.9 Å². The fourth-order valence-electron chi connectivity index (χ4n) is 4.41. The summed E-state index contributed by atoms with van der Waals surface area (Å²) >= 11 is 0. The summed E-state index contributed by atoms with van der Waals surface area (Å²) in [5, 5.41) is 3.60. The molecule has 0 unspecified atom stereocenters. The number of nitrogens with one attached hydrogen (secondary N) is 1. The first kappa shape index (κ1) is 21.1. The number of hydrogen-bond acceptors (Lipinski definition) is 3. The summed E-state index contributed by atoms with van der Waals surface area (Å²) in [6.45, 7) is 2.39. The van der Waals surface area contributed by atoms with Gasteiger partial charge in [0.25, 0.3) is 0 Å². The maximum atomic E-state index is 13.8. The molecular formula is C26H24F2N4O. The predicted octanol–water partition coefficient (Wildman–Crippen LogP) is 5.14. The van der Waals surface area contributed by atoms with E-state index in [1.54, 1.807) is 18.3 Å². The van der Waals surface area contributed by atoms with Crippen molar-refractivity contribution in [1.29, 1.82) is 0 Å². The molecule has 5 rings (SSSR count). The SMILES string of the molecule is O=C(Cc1cc2cc(F)ccc2n1Cc1cccc(F)c1)Nc1ccc(N2CCCC2)nc1. The lowest BCUT2D eigenvalue weighted by atomic mass is 10.2. The maximum Gasteiger partial charge on any atom is 0.230 e. The van der Waals surface area contributed by atoms with Crippen molar-refractivity contribution in [2.45, 2.75) is 25.8 Å². The van der Waals surface area contributed by atoms with Crippen LogP contribution in [0.15, 0.2) is 66.9 Å². The second-order valence-corrected chi connectivity index (χ2v) is 8.38. The number of pyridine rings is 1. The Morgan fingerprint density at radius 2 is 1.79 bits per heavy atom. The number of halogens is 2. The average molecular weight is 447 g/mol. The fourth-order valence-corrected chi connectivity index (χ4v) is 4.41.